The lowest BCUT2D eigenvalue weighted by molar-refractivity contribution is -0.142. The van der Waals surface area contributed by atoms with Gasteiger partial charge in [0.15, 0.2) is 6.35 Å². The minimum Gasteiger partial charge on any atom is -0.456 e. The van der Waals surface area contributed by atoms with E-state index in [0.717, 1.165) is 0 Å². The third-order valence-corrected chi connectivity index (χ3v) is 2.37. The molecule has 0 aliphatic heterocycles. The van der Waals surface area contributed by atoms with Crippen molar-refractivity contribution in [2.45, 2.75) is 40.2 Å². The highest BCUT2D eigenvalue weighted by Crippen LogP contribution is 2.31. The molecule has 19 heavy (non-hydrogen) atoms. The highest BCUT2D eigenvalue weighted by atomic mass is 31.2. The van der Waals surface area contributed by atoms with Crippen LogP contribution in [0.15, 0.2) is 0 Å². The van der Waals surface area contributed by atoms with Crippen LogP contribution in [-0.2, 0) is 23.5 Å². The average molecular weight is 296 g/mol. The van der Waals surface area contributed by atoms with Gasteiger partial charge < -0.3 is 19.1 Å². The Balaban J connectivity index is 3.62. The van der Waals surface area contributed by atoms with E-state index in [1.54, 1.807) is 13.8 Å². The fourth-order valence-electron chi connectivity index (χ4n) is 0.919. The zero-order valence-corrected chi connectivity index (χ0v) is 12.5. The summed E-state index contributed by atoms with van der Waals surface area (Å²) in [6, 6.07) is 0. The number of ether oxygens (including phenoxy) is 3. The van der Waals surface area contributed by atoms with Crippen LogP contribution in [0.3, 0.4) is 0 Å². The van der Waals surface area contributed by atoms with Gasteiger partial charge in [0, 0.05) is 6.42 Å². The molecule has 0 rings (SSSR count). The van der Waals surface area contributed by atoms with Crippen molar-refractivity contribution in [1.29, 1.82) is 0 Å². The molecule has 1 unspecified atom stereocenters. The zero-order valence-electron chi connectivity index (χ0n) is 11.6. The van der Waals surface area contributed by atoms with Crippen LogP contribution in [0.25, 0.3) is 0 Å². The lowest BCUT2D eigenvalue weighted by Gasteiger charge is -2.12. The molecule has 0 heterocycles. The number of carbonyl (C=O) groups is 2. The molecule has 7 nitrogen and oxygen atoms in total. The van der Waals surface area contributed by atoms with Crippen LogP contribution in [0.2, 0.25) is 0 Å². The van der Waals surface area contributed by atoms with Gasteiger partial charge in [0.1, 0.15) is 0 Å². The van der Waals surface area contributed by atoms with E-state index >= 15 is 0 Å². The van der Waals surface area contributed by atoms with E-state index in [2.05, 4.69) is 9.47 Å². The van der Waals surface area contributed by atoms with Crippen molar-refractivity contribution >= 4 is 20.5 Å². The van der Waals surface area contributed by atoms with Gasteiger partial charge in [-0.15, -0.1) is 0 Å². The van der Waals surface area contributed by atoms with Crippen LogP contribution in [-0.4, -0.2) is 36.3 Å². The first-order valence-electron chi connectivity index (χ1n) is 5.89. The Bertz CT molecular complexity index is 280. The van der Waals surface area contributed by atoms with Gasteiger partial charge in [0.25, 0.3) is 0 Å². The average Bonchev–Trinajstić information content (AvgIpc) is 2.24. The van der Waals surface area contributed by atoms with E-state index in [0.29, 0.717) is 0 Å². The summed E-state index contributed by atoms with van der Waals surface area (Å²) in [4.78, 5) is 31.5. The van der Waals surface area contributed by atoms with E-state index in [-0.39, 0.29) is 24.8 Å². The largest absolute Gasteiger partial charge is 0.510 e. The fraction of sp³-hybridized carbons (Fsp3) is 0.818. The van der Waals surface area contributed by atoms with E-state index in [4.69, 9.17) is 9.26 Å². The van der Waals surface area contributed by atoms with Crippen LogP contribution in [0.1, 0.15) is 34.1 Å². The van der Waals surface area contributed by atoms with Crippen LogP contribution < -0.4 is 0 Å². The smallest absolute Gasteiger partial charge is 0.456 e. The molecule has 0 saturated heterocycles. The first-order chi connectivity index (χ1) is 8.81. The standard InChI is InChI=1S/C11H21O7P/c1-8(2)5-10(12)16-7-19(14)17-6-15-11(13)18-9(3)4/h8-9,14H,5-7H2,1-4H3. The first-order valence-corrected chi connectivity index (χ1v) is 7.29. The molecule has 0 aliphatic carbocycles. The van der Waals surface area contributed by atoms with Crippen LogP contribution in [0, 0.1) is 5.92 Å². The maximum absolute atomic E-state index is 11.2. The van der Waals surface area contributed by atoms with E-state index in [9.17, 15) is 14.5 Å². The van der Waals surface area contributed by atoms with E-state index < -0.39 is 27.3 Å². The summed E-state index contributed by atoms with van der Waals surface area (Å²) in [5.41, 5.74) is 0. The Hall–Kier alpha value is -0.910. The summed E-state index contributed by atoms with van der Waals surface area (Å²) in [7, 11) is -1.96. The highest BCUT2D eigenvalue weighted by molar-refractivity contribution is 7.45. The molecule has 0 amide bonds. The number of hydrogen-bond donors (Lipinski definition) is 1. The van der Waals surface area contributed by atoms with Crippen molar-refractivity contribution in [1.82, 2.24) is 0 Å². The number of rotatable bonds is 8. The first kappa shape index (κ1) is 18.1. The molecule has 0 aromatic heterocycles. The topological polar surface area (TPSA) is 91.3 Å². The molecule has 0 bridgehead atoms. The second-order valence-electron chi connectivity index (χ2n) is 4.40. The van der Waals surface area contributed by atoms with Crippen molar-refractivity contribution in [2.24, 2.45) is 5.92 Å². The molecule has 0 aromatic carbocycles. The second kappa shape index (κ2) is 9.95. The summed E-state index contributed by atoms with van der Waals surface area (Å²) in [5.74, 6) is -0.215. The van der Waals surface area contributed by atoms with Crippen LogP contribution in [0.5, 0.6) is 0 Å². The fourth-order valence-corrected chi connectivity index (χ4v) is 1.42. The summed E-state index contributed by atoms with van der Waals surface area (Å²) < 4.78 is 18.7. The SMILES string of the molecule is CC(C)CC(=O)OCP(O)OCOC(=O)OC(C)C. The Morgan fingerprint density at radius 1 is 1.16 bits per heavy atom. The normalized spacial score (nSPS) is 12.4. The summed E-state index contributed by atoms with van der Waals surface area (Å²) in [5, 5.41) is 0. The summed E-state index contributed by atoms with van der Waals surface area (Å²) in [6.07, 6.45) is -1.14. The zero-order chi connectivity index (χ0) is 14.8. The number of carbonyl (C=O) groups excluding carboxylic acids is 2. The minimum absolute atomic E-state index is 0.187. The molecular weight excluding hydrogens is 275 g/mol. The van der Waals surface area contributed by atoms with Gasteiger partial charge in [-0.25, -0.2) is 4.79 Å². The lowest BCUT2D eigenvalue weighted by atomic mass is 10.1. The molecule has 112 valence electrons. The van der Waals surface area contributed by atoms with Gasteiger partial charge in [0.05, 0.1) is 6.10 Å². The lowest BCUT2D eigenvalue weighted by Crippen LogP contribution is -2.14. The second-order valence-corrected chi connectivity index (χ2v) is 5.62. The van der Waals surface area contributed by atoms with Crippen molar-refractivity contribution < 1.29 is 33.2 Å². The Kier molecular flexibility index (Phi) is 9.47. The molecule has 1 atom stereocenters. The highest BCUT2D eigenvalue weighted by Gasteiger charge is 2.13. The molecule has 1 N–H and O–H groups in total. The molecule has 0 radical (unpaired) electrons. The molecular formula is C11H21O7P. The molecule has 0 spiro atoms. The van der Waals surface area contributed by atoms with Gasteiger partial charge in [-0.3, -0.25) is 9.32 Å². The Morgan fingerprint density at radius 3 is 2.32 bits per heavy atom. The number of esters is 1. The minimum atomic E-state index is -1.96. The van der Waals surface area contributed by atoms with Gasteiger partial charge in [0.2, 0.25) is 15.2 Å². The van der Waals surface area contributed by atoms with Gasteiger partial charge in [-0.2, -0.15) is 0 Å². The third-order valence-electron chi connectivity index (χ3n) is 1.62. The molecule has 0 saturated carbocycles. The van der Waals surface area contributed by atoms with Crippen molar-refractivity contribution in [3.63, 3.8) is 0 Å². The monoisotopic (exact) mass is 296 g/mol. The van der Waals surface area contributed by atoms with Crippen molar-refractivity contribution in [3.05, 3.63) is 0 Å². The maximum atomic E-state index is 11.2. The van der Waals surface area contributed by atoms with Crippen molar-refractivity contribution in [2.75, 3.05) is 13.1 Å². The predicted molar refractivity (Wildman–Crippen MR) is 68.2 cm³/mol. The van der Waals surface area contributed by atoms with Crippen molar-refractivity contribution in [3.8, 4) is 0 Å². The van der Waals surface area contributed by atoms with Gasteiger partial charge >= 0.3 is 12.1 Å². The summed E-state index contributed by atoms with van der Waals surface area (Å²) >= 11 is 0. The molecule has 0 aliphatic rings. The van der Waals surface area contributed by atoms with Gasteiger partial charge in [-0.05, 0) is 19.8 Å². The predicted octanol–water partition coefficient (Wildman–Crippen LogP) is 2.37. The summed E-state index contributed by atoms with van der Waals surface area (Å²) in [6.45, 7) is 6.67. The third kappa shape index (κ3) is 11.9. The molecule has 0 fully saturated rings. The number of hydrogen-bond acceptors (Lipinski definition) is 7. The van der Waals surface area contributed by atoms with Crippen LogP contribution >= 0.6 is 8.38 Å². The van der Waals surface area contributed by atoms with Gasteiger partial charge in [-0.1, -0.05) is 13.8 Å². The quantitative estimate of drug-likeness (QED) is 0.417. The Labute approximate surface area is 114 Å². The molecule has 0 aromatic rings. The Morgan fingerprint density at radius 2 is 1.79 bits per heavy atom. The van der Waals surface area contributed by atoms with E-state index in [1.165, 1.54) is 0 Å². The van der Waals surface area contributed by atoms with E-state index in [1.807, 2.05) is 13.8 Å². The van der Waals surface area contributed by atoms with Crippen LogP contribution in [0.4, 0.5) is 4.79 Å². The maximum Gasteiger partial charge on any atom is 0.510 e. The molecule has 8 heteroatoms.